The van der Waals surface area contributed by atoms with Crippen LogP contribution in [-0.2, 0) is 18.8 Å². The average Bonchev–Trinajstić information content (AvgIpc) is 3.06. The molecule has 11 nitrogen and oxygen atoms in total. The molecule has 1 saturated heterocycles. The number of aromatic amines is 1. The number of nitrogens with zero attached hydrogens (tertiary/aromatic N) is 1. The van der Waals surface area contributed by atoms with Gasteiger partial charge in [-0.25, -0.2) is 9.88 Å². The van der Waals surface area contributed by atoms with Gasteiger partial charge in [-0.3, -0.25) is 19.1 Å². The fourth-order valence-electron chi connectivity index (χ4n) is 3.33. The summed E-state index contributed by atoms with van der Waals surface area (Å²) in [6.45, 7) is 6.82. The molecule has 2 heterocycles. The number of nitrogens with one attached hydrogen (secondary N) is 2. The molecule has 3 N–H and O–H groups in total. The van der Waals surface area contributed by atoms with Gasteiger partial charge >= 0.3 is 20.2 Å². The summed E-state index contributed by atoms with van der Waals surface area (Å²) in [6, 6.07) is 9.45. The minimum atomic E-state index is -1.82. The van der Waals surface area contributed by atoms with Gasteiger partial charge in [0.1, 0.15) is 24.1 Å². The third-order valence-corrected chi connectivity index (χ3v) is 6.46. The van der Waals surface area contributed by atoms with Crippen LogP contribution in [0.3, 0.4) is 0 Å². The Balaban J connectivity index is 1.68. The smallest absolute Gasteiger partial charge is 0.330 e. The number of hydrogen-bond acceptors (Lipinski definition) is 9. The third kappa shape index (κ3) is 6.74. The molecule has 1 aliphatic heterocycles. The lowest BCUT2D eigenvalue weighted by molar-refractivity contribution is -0.149. The fraction of sp³-hybridized carbons (Fsp3) is 0.500. The number of H-pyrrole nitrogens is 1. The van der Waals surface area contributed by atoms with Gasteiger partial charge in [-0.05, 0) is 32.9 Å². The van der Waals surface area contributed by atoms with Crippen LogP contribution in [0.2, 0.25) is 0 Å². The van der Waals surface area contributed by atoms with E-state index in [1.807, 2.05) is 6.07 Å². The molecule has 1 aromatic heterocycles. The summed E-state index contributed by atoms with van der Waals surface area (Å²) in [5.41, 5.74) is -1.15. The molecule has 34 heavy (non-hydrogen) atoms. The summed E-state index contributed by atoms with van der Waals surface area (Å²) in [4.78, 5) is 37.9. The van der Waals surface area contributed by atoms with Crippen LogP contribution in [0.5, 0.6) is 5.75 Å². The molecule has 1 fully saturated rings. The summed E-state index contributed by atoms with van der Waals surface area (Å²) in [5, 5.41) is 13.7. The van der Waals surface area contributed by atoms with Crippen LogP contribution >= 0.6 is 8.53 Å². The maximum absolute atomic E-state index is 12.2. The fourth-order valence-corrected chi connectivity index (χ4v) is 4.53. The molecule has 0 bridgehead atoms. The molecule has 12 heteroatoms. The Morgan fingerprint density at radius 3 is 2.59 bits per heavy atom. The zero-order valence-corrected chi connectivity index (χ0v) is 20.3. The van der Waals surface area contributed by atoms with Gasteiger partial charge in [0.2, 0.25) is 0 Å². The highest BCUT2D eigenvalue weighted by Gasteiger charge is 2.43. The second kappa shape index (κ2) is 11.7. The van der Waals surface area contributed by atoms with E-state index in [9.17, 15) is 19.5 Å². The van der Waals surface area contributed by atoms with Gasteiger partial charge in [-0.15, -0.1) is 0 Å². The molecule has 0 saturated carbocycles. The van der Waals surface area contributed by atoms with Crippen molar-refractivity contribution in [1.29, 1.82) is 0 Å². The van der Waals surface area contributed by atoms with Crippen LogP contribution in [-0.4, -0.2) is 51.6 Å². The van der Waals surface area contributed by atoms with E-state index in [0.29, 0.717) is 5.75 Å². The van der Waals surface area contributed by atoms with Gasteiger partial charge in [-0.2, -0.15) is 0 Å². The van der Waals surface area contributed by atoms with Crippen molar-refractivity contribution in [3.05, 3.63) is 63.4 Å². The Morgan fingerprint density at radius 1 is 1.24 bits per heavy atom. The maximum Gasteiger partial charge on any atom is 0.330 e. The lowest BCUT2D eigenvalue weighted by atomic mass is 10.0. The highest BCUT2D eigenvalue weighted by Crippen LogP contribution is 2.39. The van der Waals surface area contributed by atoms with Crippen LogP contribution in [0.4, 0.5) is 0 Å². The quantitative estimate of drug-likeness (QED) is 0.332. The lowest BCUT2D eigenvalue weighted by Gasteiger charge is -2.24. The summed E-state index contributed by atoms with van der Waals surface area (Å²) in [7, 11) is -1.82. The Morgan fingerprint density at radius 2 is 1.94 bits per heavy atom. The number of ether oxygens (including phenoxy) is 2. The van der Waals surface area contributed by atoms with Crippen molar-refractivity contribution in [3.63, 3.8) is 0 Å². The Labute approximate surface area is 198 Å². The summed E-state index contributed by atoms with van der Waals surface area (Å²) in [5.74, 6) is -0.373. The van der Waals surface area contributed by atoms with Gasteiger partial charge in [0, 0.05) is 18.2 Å². The average molecular weight is 495 g/mol. The highest BCUT2D eigenvalue weighted by molar-refractivity contribution is 7.45. The number of aromatic nitrogens is 2. The Kier molecular flexibility index (Phi) is 8.98. The zero-order chi connectivity index (χ0) is 24.8. The van der Waals surface area contributed by atoms with Gasteiger partial charge in [0.25, 0.3) is 5.56 Å². The van der Waals surface area contributed by atoms with Crippen molar-refractivity contribution >= 4 is 14.5 Å². The summed E-state index contributed by atoms with van der Waals surface area (Å²) >= 11 is 0. The van der Waals surface area contributed by atoms with Crippen LogP contribution < -0.4 is 20.9 Å². The molecule has 4 unspecified atom stereocenters. The molecule has 1 aromatic carbocycles. The molecule has 0 amide bonds. The van der Waals surface area contributed by atoms with E-state index >= 15 is 0 Å². The number of rotatable bonds is 10. The predicted molar refractivity (Wildman–Crippen MR) is 124 cm³/mol. The molecule has 0 aliphatic carbocycles. The zero-order valence-electron chi connectivity index (χ0n) is 19.4. The van der Waals surface area contributed by atoms with Crippen molar-refractivity contribution in [1.82, 2.24) is 14.6 Å². The van der Waals surface area contributed by atoms with Crippen molar-refractivity contribution in [2.75, 3.05) is 6.61 Å². The highest BCUT2D eigenvalue weighted by atomic mass is 31.2. The third-order valence-electron chi connectivity index (χ3n) is 5.10. The normalized spacial score (nSPS) is 24.1. The van der Waals surface area contributed by atoms with Crippen LogP contribution in [0.15, 0.2) is 52.2 Å². The van der Waals surface area contributed by atoms with Gasteiger partial charge in [0.05, 0.1) is 18.8 Å². The number of carbonyl (C=O) groups is 1. The van der Waals surface area contributed by atoms with Crippen LogP contribution in [0, 0.1) is 5.92 Å². The van der Waals surface area contributed by atoms with E-state index in [1.165, 1.54) is 16.8 Å². The Hall–Kier alpha value is -2.56. The van der Waals surface area contributed by atoms with E-state index in [2.05, 4.69) is 10.1 Å². The molecule has 1 aliphatic rings. The maximum atomic E-state index is 12.2. The number of esters is 1. The number of para-hydroxylation sites is 1. The first-order chi connectivity index (χ1) is 16.2. The largest absolute Gasteiger partial charge is 0.462 e. The molecule has 6 atom stereocenters. The van der Waals surface area contributed by atoms with E-state index in [1.54, 1.807) is 52.0 Å². The first-order valence-corrected chi connectivity index (χ1v) is 12.1. The van der Waals surface area contributed by atoms with Gasteiger partial charge in [0.15, 0.2) is 0 Å². The minimum absolute atomic E-state index is 0.0718. The van der Waals surface area contributed by atoms with E-state index in [-0.39, 0.29) is 12.7 Å². The molecule has 186 valence electrons. The van der Waals surface area contributed by atoms with Crippen molar-refractivity contribution in [3.8, 4) is 5.75 Å². The lowest BCUT2D eigenvalue weighted by Crippen LogP contribution is -2.36. The number of carbonyl (C=O) groups excluding carboxylic acids is 1. The van der Waals surface area contributed by atoms with Crippen molar-refractivity contribution in [2.45, 2.75) is 58.3 Å². The van der Waals surface area contributed by atoms with Crippen molar-refractivity contribution in [2.24, 2.45) is 5.92 Å². The molecule has 2 aromatic rings. The molecule has 3 rings (SSSR count). The first-order valence-electron chi connectivity index (χ1n) is 10.9. The Bertz CT molecular complexity index is 1060. The molecular weight excluding hydrogens is 465 g/mol. The van der Waals surface area contributed by atoms with Gasteiger partial charge < -0.3 is 23.6 Å². The molecule has 0 spiro atoms. The standard InChI is InChI=1S/C22H30N3O8P/c1-13(2)31-21(28)15(4)24-34(33-16-8-6-5-7-9-16)30-12-17-19(27)14(3)20(32-17)25-11-10-18(26)23-22(25)29/h5-11,13-15,17,19-20,24,27H,12H2,1-4H3,(H,23,26,29)/t14?,15-,17?,19-,20?,34?/m0/s1. The van der Waals surface area contributed by atoms with Crippen molar-refractivity contribution < 1.29 is 28.4 Å². The van der Waals surface area contributed by atoms with Crippen LogP contribution in [0.25, 0.3) is 0 Å². The number of benzene rings is 1. The number of hydrogen-bond donors (Lipinski definition) is 3. The second-order valence-electron chi connectivity index (χ2n) is 8.23. The SMILES string of the molecule is CC(C)OC(=O)[C@H](C)NP(OCC1OC(n2ccc(=O)[nH]c2=O)C(C)[C@@H]1O)Oc1ccccc1. The summed E-state index contributed by atoms with van der Waals surface area (Å²) in [6.07, 6.45) is -1.45. The second-order valence-corrected chi connectivity index (χ2v) is 9.44. The number of aliphatic hydroxyl groups excluding tert-OH is 1. The minimum Gasteiger partial charge on any atom is -0.462 e. The van der Waals surface area contributed by atoms with E-state index in [0.717, 1.165) is 0 Å². The van der Waals surface area contributed by atoms with E-state index < -0.39 is 56.1 Å². The predicted octanol–water partition coefficient (Wildman–Crippen LogP) is 1.68. The van der Waals surface area contributed by atoms with Gasteiger partial charge in [-0.1, -0.05) is 25.1 Å². The topological polar surface area (TPSA) is 141 Å². The summed E-state index contributed by atoms with van der Waals surface area (Å²) < 4.78 is 24.2. The number of aliphatic hydroxyl groups is 1. The first kappa shape index (κ1) is 26.1. The van der Waals surface area contributed by atoms with E-state index in [4.69, 9.17) is 18.5 Å². The molecular formula is C22H30N3O8P. The monoisotopic (exact) mass is 495 g/mol. The molecule has 0 radical (unpaired) electrons. The van der Waals surface area contributed by atoms with Crippen LogP contribution in [0.1, 0.15) is 33.9 Å².